The maximum atomic E-state index is 13.1. The van der Waals surface area contributed by atoms with Crippen molar-refractivity contribution in [3.8, 4) is 16.9 Å². The normalized spacial score (nSPS) is 15.3. The zero-order valence-electron chi connectivity index (χ0n) is 23.9. The Kier molecular flexibility index (Phi) is 8.28. The van der Waals surface area contributed by atoms with E-state index >= 15 is 0 Å². The summed E-state index contributed by atoms with van der Waals surface area (Å²) in [6.45, 7) is 1.88. The molecule has 1 aliphatic rings. The number of aromatic nitrogens is 4. The first-order chi connectivity index (χ1) is 20.5. The Bertz CT molecular complexity index is 1720. The molecule has 0 saturated carbocycles. The number of benzene rings is 2. The van der Waals surface area contributed by atoms with E-state index in [4.69, 9.17) is 10.5 Å². The minimum absolute atomic E-state index is 0.0496. The van der Waals surface area contributed by atoms with Crippen molar-refractivity contribution in [3.05, 3.63) is 70.3 Å². The maximum Gasteiger partial charge on any atom is 0.405 e. The summed E-state index contributed by atoms with van der Waals surface area (Å²) >= 11 is 0. The molecule has 4 aromatic rings. The number of nitrogens with two attached hydrogens (primary N) is 1. The van der Waals surface area contributed by atoms with Gasteiger partial charge in [0.2, 0.25) is 5.95 Å². The molecule has 0 radical (unpaired) electrons. The molecule has 43 heavy (non-hydrogen) atoms. The largest absolute Gasteiger partial charge is 0.440 e. The quantitative estimate of drug-likeness (QED) is 0.328. The number of primary amides is 1. The molecule has 2 aromatic heterocycles. The van der Waals surface area contributed by atoms with E-state index in [2.05, 4.69) is 14.7 Å². The molecular weight excluding hydrogens is 564 g/mol. The third kappa shape index (κ3) is 6.27. The molecule has 226 valence electrons. The van der Waals surface area contributed by atoms with Crippen LogP contribution in [-0.4, -0.2) is 75.1 Å². The summed E-state index contributed by atoms with van der Waals surface area (Å²) in [5, 5.41) is 0.482. The molecule has 1 aliphatic heterocycles. The van der Waals surface area contributed by atoms with Crippen LogP contribution in [0.15, 0.2) is 53.6 Å². The Morgan fingerprint density at radius 3 is 2.51 bits per heavy atom. The first kappa shape index (κ1) is 29.5. The van der Waals surface area contributed by atoms with Crippen molar-refractivity contribution in [1.29, 1.82) is 0 Å². The zero-order chi connectivity index (χ0) is 30.8. The summed E-state index contributed by atoms with van der Waals surface area (Å²) in [4.78, 5) is 48.9. The molecule has 1 unspecified atom stereocenters. The van der Waals surface area contributed by atoms with E-state index in [1.807, 2.05) is 30.9 Å². The summed E-state index contributed by atoms with van der Waals surface area (Å²) in [6.07, 6.45) is 2.38. The number of amides is 2. The van der Waals surface area contributed by atoms with Crippen molar-refractivity contribution >= 4 is 28.9 Å². The average Bonchev–Trinajstić information content (AvgIpc) is 3.21. The van der Waals surface area contributed by atoms with Crippen LogP contribution in [-0.2, 0) is 23.1 Å². The van der Waals surface area contributed by atoms with Gasteiger partial charge in [-0.3, -0.25) is 19.0 Å². The Labute approximate surface area is 245 Å². The number of hydrogen-bond donors (Lipinski definition) is 1. The molecule has 1 fully saturated rings. The van der Waals surface area contributed by atoms with Crippen LogP contribution in [0.2, 0.25) is 0 Å². The number of nitrogens with zero attached hydrogens (tertiary/aromatic N) is 6. The van der Waals surface area contributed by atoms with Crippen molar-refractivity contribution in [2.24, 2.45) is 12.8 Å². The van der Waals surface area contributed by atoms with Crippen LogP contribution in [0.3, 0.4) is 0 Å². The fourth-order valence-electron chi connectivity index (χ4n) is 5.31. The number of ether oxygens (including phenoxy) is 2. The number of hydrogen-bond acceptors (Lipinski definition) is 8. The summed E-state index contributed by atoms with van der Waals surface area (Å²) in [5.74, 6) is 0.227. The summed E-state index contributed by atoms with van der Waals surface area (Å²) < 4.78 is 38.6. The fourth-order valence-corrected chi connectivity index (χ4v) is 5.31. The van der Waals surface area contributed by atoms with E-state index in [0.29, 0.717) is 42.0 Å². The van der Waals surface area contributed by atoms with Gasteiger partial charge in [-0.15, -0.1) is 0 Å². The highest BCUT2D eigenvalue weighted by Crippen LogP contribution is 2.27. The molecule has 3 heterocycles. The Morgan fingerprint density at radius 2 is 1.84 bits per heavy atom. The molecule has 1 saturated heterocycles. The van der Waals surface area contributed by atoms with Crippen molar-refractivity contribution < 1.29 is 27.8 Å². The molecule has 14 heteroatoms. The van der Waals surface area contributed by atoms with E-state index in [0.717, 1.165) is 16.7 Å². The average molecular weight is 596 g/mol. The summed E-state index contributed by atoms with van der Waals surface area (Å²) in [5.41, 5.74) is 8.23. The summed E-state index contributed by atoms with van der Waals surface area (Å²) in [7, 11) is 1.63. The van der Waals surface area contributed by atoms with Crippen LogP contribution in [0.5, 0.6) is 5.75 Å². The first-order valence-corrected chi connectivity index (χ1v) is 13.5. The second kappa shape index (κ2) is 12.1. The molecule has 0 spiro atoms. The van der Waals surface area contributed by atoms with Crippen LogP contribution < -0.4 is 20.9 Å². The van der Waals surface area contributed by atoms with Gasteiger partial charge in [0.05, 0.1) is 17.4 Å². The number of halogens is 2. The van der Waals surface area contributed by atoms with Gasteiger partial charge in [0.1, 0.15) is 5.75 Å². The number of carbonyl (C=O) groups excluding carboxylic acids is 2. The predicted molar refractivity (Wildman–Crippen MR) is 154 cm³/mol. The van der Waals surface area contributed by atoms with Gasteiger partial charge in [-0.2, -0.15) is 8.78 Å². The molecule has 2 amide bonds. The second-order valence-corrected chi connectivity index (χ2v) is 10.4. The van der Waals surface area contributed by atoms with Gasteiger partial charge in [-0.05, 0) is 37.6 Å². The van der Waals surface area contributed by atoms with Gasteiger partial charge in [-0.1, -0.05) is 23.8 Å². The Morgan fingerprint density at radius 1 is 1.09 bits per heavy atom. The number of anilines is 1. The van der Waals surface area contributed by atoms with Gasteiger partial charge in [-0.25, -0.2) is 14.8 Å². The molecule has 1 atom stereocenters. The summed E-state index contributed by atoms with van der Waals surface area (Å²) in [6, 6.07) is 10.2. The van der Waals surface area contributed by atoms with Gasteiger partial charge in [0.15, 0.2) is 6.61 Å². The van der Waals surface area contributed by atoms with Crippen LogP contribution in [0, 0.1) is 6.92 Å². The number of aryl methyl sites for hydroxylation is 1. The van der Waals surface area contributed by atoms with Gasteiger partial charge < -0.3 is 25.0 Å². The van der Waals surface area contributed by atoms with Crippen LogP contribution in [0.25, 0.3) is 22.0 Å². The van der Waals surface area contributed by atoms with Crippen molar-refractivity contribution in [3.63, 3.8) is 0 Å². The Hall–Kier alpha value is -5.01. The van der Waals surface area contributed by atoms with Crippen LogP contribution in [0.4, 0.5) is 19.5 Å². The van der Waals surface area contributed by atoms with Gasteiger partial charge in [0, 0.05) is 56.2 Å². The van der Waals surface area contributed by atoms with Gasteiger partial charge >= 0.3 is 12.7 Å². The lowest BCUT2D eigenvalue weighted by atomic mass is 10.1. The minimum Gasteiger partial charge on any atom is -0.440 e. The van der Waals surface area contributed by atoms with E-state index in [1.54, 1.807) is 47.2 Å². The molecule has 2 aromatic carbocycles. The maximum absolute atomic E-state index is 13.1. The molecule has 2 N–H and O–H groups in total. The highest BCUT2D eigenvalue weighted by molar-refractivity contribution is 5.84. The van der Waals surface area contributed by atoms with Crippen LogP contribution >= 0.6 is 0 Å². The molecule has 0 aliphatic carbocycles. The predicted octanol–water partition coefficient (Wildman–Crippen LogP) is 2.89. The number of alkyl halides is 2. The highest BCUT2D eigenvalue weighted by atomic mass is 19.3. The van der Waals surface area contributed by atoms with Crippen molar-refractivity contribution in [2.45, 2.75) is 33.0 Å². The van der Waals surface area contributed by atoms with Crippen LogP contribution in [0.1, 0.15) is 18.1 Å². The lowest BCUT2D eigenvalue weighted by Gasteiger charge is -2.39. The number of fused-ring (bicyclic) bond motifs is 1. The number of rotatable bonds is 8. The van der Waals surface area contributed by atoms with E-state index in [-0.39, 0.29) is 29.8 Å². The third-order valence-corrected chi connectivity index (χ3v) is 7.45. The SMILES string of the molecule is Cc1ccc(OC(F)F)c(Cn2c3cc(-c4cnc(N5CCN(C(=O)COC(N)=O)C(C)C5)nc4)ccc3c(=O)n2C)c1. The second-order valence-electron chi connectivity index (χ2n) is 10.4. The molecule has 12 nitrogen and oxygen atoms in total. The van der Waals surface area contributed by atoms with Crippen molar-refractivity contribution in [1.82, 2.24) is 24.2 Å². The third-order valence-electron chi connectivity index (χ3n) is 7.45. The zero-order valence-corrected chi connectivity index (χ0v) is 23.9. The highest BCUT2D eigenvalue weighted by Gasteiger charge is 2.29. The topological polar surface area (TPSA) is 138 Å². The first-order valence-electron chi connectivity index (χ1n) is 13.5. The van der Waals surface area contributed by atoms with Crippen molar-refractivity contribution in [2.75, 3.05) is 31.1 Å². The molecule has 0 bridgehead atoms. The lowest BCUT2D eigenvalue weighted by molar-refractivity contribution is -0.136. The molecule has 5 rings (SSSR count). The van der Waals surface area contributed by atoms with Gasteiger partial charge in [0.25, 0.3) is 11.5 Å². The molecular formula is C29H31F2N7O5. The monoisotopic (exact) mass is 595 g/mol. The van der Waals surface area contributed by atoms with E-state index in [1.165, 1.54) is 10.7 Å². The van der Waals surface area contributed by atoms with E-state index in [9.17, 15) is 23.2 Å². The minimum atomic E-state index is -2.97. The number of carbonyl (C=O) groups is 2. The van der Waals surface area contributed by atoms with E-state index < -0.39 is 19.3 Å². The fraction of sp³-hybridized carbons (Fsp3) is 0.345. The Balaban J connectivity index is 1.37. The number of piperazine rings is 1. The lowest BCUT2D eigenvalue weighted by Crippen LogP contribution is -2.55. The smallest absolute Gasteiger partial charge is 0.405 e. The standard InChI is InChI=1S/C29H31F2N7O5/c1-17-4-7-24(43-27(30)31)20(10-17)15-38-23-11-19(5-6-22(23)26(40)35(38)3)21-12-33-29(34-13-21)36-8-9-37(18(2)14-36)25(39)16-42-28(32)41/h4-7,10-13,18,27H,8-9,14-16H2,1-3H3,(H2,32,41).